The summed E-state index contributed by atoms with van der Waals surface area (Å²) in [5.41, 5.74) is 0. The average Bonchev–Trinajstić information content (AvgIpc) is 3.08. The normalized spacial score (nSPS) is 22.5. The standard InChI is InChI=1S/C15H21N3OS/c1-2-13-17-14(11-7-9-20-15(11)18-13)16-12-5-3-4-10(12)6-8-19/h7,9-10,12,19H,2-6,8H2,1H3,(H,16,17,18). The molecule has 2 heterocycles. The summed E-state index contributed by atoms with van der Waals surface area (Å²) in [6.45, 7) is 2.36. The van der Waals surface area contributed by atoms with Crippen LogP contribution in [0.25, 0.3) is 10.2 Å². The van der Waals surface area contributed by atoms with E-state index in [9.17, 15) is 5.11 Å². The summed E-state index contributed by atoms with van der Waals surface area (Å²) in [6.07, 6.45) is 5.35. The first kappa shape index (κ1) is 13.8. The third-order valence-corrected chi connectivity index (χ3v) is 4.98. The van der Waals surface area contributed by atoms with Crippen molar-refractivity contribution in [1.82, 2.24) is 9.97 Å². The SMILES string of the molecule is CCc1nc(NC2CCCC2CCO)c2ccsc2n1. The van der Waals surface area contributed by atoms with Crippen LogP contribution in [0.15, 0.2) is 11.4 Å². The van der Waals surface area contributed by atoms with Gasteiger partial charge in [0.05, 0.1) is 5.39 Å². The van der Waals surface area contributed by atoms with E-state index in [1.807, 2.05) is 0 Å². The second kappa shape index (κ2) is 6.06. The van der Waals surface area contributed by atoms with Crippen molar-refractivity contribution in [2.24, 2.45) is 5.92 Å². The zero-order valence-corrected chi connectivity index (χ0v) is 12.6. The van der Waals surface area contributed by atoms with E-state index in [0.717, 1.165) is 34.7 Å². The van der Waals surface area contributed by atoms with Gasteiger partial charge in [-0.1, -0.05) is 13.3 Å². The predicted octanol–water partition coefficient (Wildman–Crippen LogP) is 3.22. The topological polar surface area (TPSA) is 58.0 Å². The number of anilines is 1. The lowest BCUT2D eigenvalue weighted by atomic mass is 10.00. The molecule has 0 aromatic carbocycles. The lowest BCUT2D eigenvalue weighted by Gasteiger charge is -2.21. The Bertz CT molecular complexity index is 584. The fraction of sp³-hybridized carbons (Fsp3) is 0.600. The lowest BCUT2D eigenvalue weighted by molar-refractivity contribution is 0.254. The maximum Gasteiger partial charge on any atom is 0.138 e. The molecule has 0 aliphatic heterocycles. The van der Waals surface area contributed by atoms with Crippen molar-refractivity contribution in [3.8, 4) is 0 Å². The van der Waals surface area contributed by atoms with Gasteiger partial charge >= 0.3 is 0 Å². The number of nitrogens with zero attached hydrogens (tertiary/aromatic N) is 2. The molecule has 2 N–H and O–H groups in total. The minimum atomic E-state index is 0.278. The van der Waals surface area contributed by atoms with Crippen molar-refractivity contribution in [2.75, 3.05) is 11.9 Å². The highest BCUT2D eigenvalue weighted by Crippen LogP contribution is 2.33. The molecule has 2 atom stereocenters. The molecule has 0 saturated heterocycles. The van der Waals surface area contributed by atoms with Crippen molar-refractivity contribution in [3.05, 3.63) is 17.3 Å². The molecule has 0 bridgehead atoms. The Morgan fingerprint density at radius 1 is 1.40 bits per heavy atom. The third kappa shape index (κ3) is 2.65. The van der Waals surface area contributed by atoms with Crippen LogP contribution in [0.4, 0.5) is 5.82 Å². The summed E-state index contributed by atoms with van der Waals surface area (Å²) < 4.78 is 0. The number of rotatable bonds is 5. The van der Waals surface area contributed by atoms with Gasteiger partial charge in [-0.05, 0) is 36.6 Å². The second-order valence-corrected chi connectivity index (χ2v) is 6.33. The van der Waals surface area contributed by atoms with E-state index in [4.69, 9.17) is 0 Å². The second-order valence-electron chi connectivity index (χ2n) is 5.44. The van der Waals surface area contributed by atoms with Gasteiger partial charge in [0, 0.05) is 19.1 Å². The molecule has 2 aromatic heterocycles. The van der Waals surface area contributed by atoms with E-state index in [1.54, 1.807) is 11.3 Å². The Kier molecular flexibility index (Phi) is 4.17. The van der Waals surface area contributed by atoms with E-state index in [-0.39, 0.29) is 6.61 Å². The van der Waals surface area contributed by atoms with Crippen molar-refractivity contribution in [2.45, 2.75) is 45.1 Å². The highest BCUT2D eigenvalue weighted by atomic mass is 32.1. The zero-order valence-electron chi connectivity index (χ0n) is 11.8. The smallest absolute Gasteiger partial charge is 0.138 e. The number of thiophene rings is 1. The average molecular weight is 291 g/mol. The number of fused-ring (bicyclic) bond motifs is 1. The van der Waals surface area contributed by atoms with Crippen LogP contribution in [0.5, 0.6) is 0 Å². The molecule has 0 spiro atoms. The van der Waals surface area contributed by atoms with Gasteiger partial charge in [0.25, 0.3) is 0 Å². The van der Waals surface area contributed by atoms with E-state index in [1.165, 1.54) is 19.3 Å². The van der Waals surface area contributed by atoms with Crippen LogP contribution in [-0.4, -0.2) is 27.7 Å². The summed E-state index contributed by atoms with van der Waals surface area (Å²) >= 11 is 1.67. The van der Waals surface area contributed by atoms with Crippen LogP contribution in [0.1, 0.15) is 38.4 Å². The first-order chi connectivity index (χ1) is 9.81. The minimum absolute atomic E-state index is 0.278. The van der Waals surface area contributed by atoms with Gasteiger partial charge in [-0.15, -0.1) is 11.3 Å². The molecule has 0 radical (unpaired) electrons. The summed E-state index contributed by atoms with van der Waals surface area (Å²) in [6, 6.07) is 2.53. The van der Waals surface area contributed by atoms with E-state index in [0.29, 0.717) is 12.0 Å². The molecule has 20 heavy (non-hydrogen) atoms. The fourth-order valence-corrected chi connectivity index (χ4v) is 3.86. The first-order valence-electron chi connectivity index (χ1n) is 7.43. The quantitative estimate of drug-likeness (QED) is 0.888. The first-order valence-corrected chi connectivity index (χ1v) is 8.31. The summed E-state index contributed by atoms with van der Waals surface area (Å²) in [4.78, 5) is 10.3. The Balaban J connectivity index is 1.87. The molecule has 108 valence electrons. The Hall–Kier alpha value is -1.20. The summed E-state index contributed by atoms with van der Waals surface area (Å²) in [5, 5.41) is 16.0. The predicted molar refractivity (Wildman–Crippen MR) is 83.2 cm³/mol. The van der Waals surface area contributed by atoms with E-state index < -0.39 is 0 Å². The Morgan fingerprint density at radius 3 is 3.10 bits per heavy atom. The fourth-order valence-electron chi connectivity index (χ4n) is 3.08. The maximum absolute atomic E-state index is 9.18. The number of hydrogen-bond acceptors (Lipinski definition) is 5. The molecular formula is C15H21N3OS. The zero-order chi connectivity index (χ0) is 13.9. The summed E-state index contributed by atoms with van der Waals surface area (Å²) in [7, 11) is 0. The van der Waals surface area contributed by atoms with Crippen LogP contribution in [0.2, 0.25) is 0 Å². The van der Waals surface area contributed by atoms with Gasteiger partial charge < -0.3 is 10.4 Å². The van der Waals surface area contributed by atoms with Crippen LogP contribution in [0, 0.1) is 5.92 Å². The van der Waals surface area contributed by atoms with Crippen molar-refractivity contribution in [1.29, 1.82) is 0 Å². The van der Waals surface area contributed by atoms with Crippen LogP contribution in [-0.2, 0) is 6.42 Å². The molecule has 3 rings (SSSR count). The van der Waals surface area contributed by atoms with Gasteiger partial charge in [-0.3, -0.25) is 0 Å². The Labute approximate surface area is 123 Å². The van der Waals surface area contributed by atoms with Gasteiger partial charge in [0.2, 0.25) is 0 Å². The molecule has 0 amide bonds. The van der Waals surface area contributed by atoms with Gasteiger partial charge in [-0.2, -0.15) is 0 Å². The number of aliphatic hydroxyl groups is 1. The van der Waals surface area contributed by atoms with Gasteiger partial charge in [0.1, 0.15) is 16.5 Å². The highest BCUT2D eigenvalue weighted by Gasteiger charge is 2.27. The molecular weight excluding hydrogens is 270 g/mol. The molecule has 1 fully saturated rings. The summed E-state index contributed by atoms with van der Waals surface area (Å²) in [5.74, 6) is 2.44. The number of hydrogen-bond donors (Lipinski definition) is 2. The number of nitrogens with one attached hydrogen (secondary N) is 1. The molecule has 2 unspecified atom stereocenters. The minimum Gasteiger partial charge on any atom is -0.396 e. The highest BCUT2D eigenvalue weighted by molar-refractivity contribution is 7.16. The molecule has 1 aliphatic rings. The van der Waals surface area contributed by atoms with Crippen molar-refractivity contribution in [3.63, 3.8) is 0 Å². The van der Waals surface area contributed by atoms with Gasteiger partial charge in [0.15, 0.2) is 0 Å². The van der Waals surface area contributed by atoms with Crippen LogP contribution >= 0.6 is 11.3 Å². The molecule has 5 heteroatoms. The van der Waals surface area contributed by atoms with Gasteiger partial charge in [-0.25, -0.2) is 9.97 Å². The van der Waals surface area contributed by atoms with Crippen molar-refractivity contribution < 1.29 is 5.11 Å². The number of aliphatic hydroxyl groups excluding tert-OH is 1. The number of aromatic nitrogens is 2. The lowest BCUT2D eigenvalue weighted by Crippen LogP contribution is -2.25. The molecule has 2 aromatic rings. The largest absolute Gasteiger partial charge is 0.396 e. The van der Waals surface area contributed by atoms with Crippen LogP contribution in [0.3, 0.4) is 0 Å². The van der Waals surface area contributed by atoms with E-state index >= 15 is 0 Å². The number of aryl methyl sites for hydroxylation is 1. The Morgan fingerprint density at radius 2 is 2.30 bits per heavy atom. The van der Waals surface area contributed by atoms with Crippen molar-refractivity contribution >= 4 is 27.4 Å². The third-order valence-electron chi connectivity index (χ3n) is 4.17. The molecule has 1 saturated carbocycles. The molecule has 1 aliphatic carbocycles. The van der Waals surface area contributed by atoms with Crippen LogP contribution < -0.4 is 5.32 Å². The monoisotopic (exact) mass is 291 g/mol. The molecule has 4 nitrogen and oxygen atoms in total. The maximum atomic E-state index is 9.18. The van der Waals surface area contributed by atoms with E-state index in [2.05, 4.69) is 33.7 Å².